The number of benzene rings is 2. The monoisotopic (exact) mass is 678 g/mol. The molecule has 7 N–H and O–H groups in total. The highest BCUT2D eigenvalue weighted by Crippen LogP contribution is 2.27. The van der Waals surface area contributed by atoms with Crippen molar-refractivity contribution in [3.8, 4) is 0 Å². The van der Waals surface area contributed by atoms with Gasteiger partial charge in [-0.2, -0.15) is 0 Å². The molecule has 0 aromatic heterocycles. The zero-order valence-electron chi connectivity index (χ0n) is 26.2. The van der Waals surface area contributed by atoms with Crippen LogP contribution in [-0.2, 0) is 46.4 Å². The van der Waals surface area contributed by atoms with Crippen LogP contribution in [0, 0.1) is 0 Å². The van der Waals surface area contributed by atoms with E-state index in [1.807, 2.05) is 11.5 Å². The van der Waals surface area contributed by atoms with Crippen molar-refractivity contribution in [2.24, 2.45) is 0 Å². The van der Waals surface area contributed by atoms with Crippen LogP contribution in [0.2, 0.25) is 0 Å². The van der Waals surface area contributed by atoms with Crippen molar-refractivity contribution in [2.75, 3.05) is 11.9 Å². The number of allylic oxidation sites excluding steroid dienone is 1. The predicted molar refractivity (Wildman–Crippen MR) is 177 cm³/mol. The average Bonchev–Trinajstić information content (AvgIpc) is 3.56. The lowest BCUT2D eigenvalue weighted by molar-refractivity contribution is -0.142. The molecule has 0 radical (unpaired) electrons. The minimum Gasteiger partial charge on any atom is -0.480 e. The second-order valence-corrected chi connectivity index (χ2v) is 12.7. The van der Waals surface area contributed by atoms with Crippen LogP contribution in [-0.4, -0.2) is 82.5 Å². The van der Waals surface area contributed by atoms with Gasteiger partial charge in [0.15, 0.2) is 0 Å². The number of rotatable bonds is 6. The Kier molecular flexibility index (Phi) is 12.7. The van der Waals surface area contributed by atoms with Gasteiger partial charge in [-0.3, -0.25) is 28.8 Å². The second kappa shape index (κ2) is 17.1. The predicted octanol–water partition coefficient (Wildman–Crippen LogP) is 0.383. The van der Waals surface area contributed by atoms with Crippen LogP contribution in [0.3, 0.4) is 0 Å². The molecule has 2 aromatic rings. The number of carbonyl (C=O) groups is 7. The number of aliphatic carboxylic acids is 1. The summed E-state index contributed by atoms with van der Waals surface area (Å²) in [6, 6.07) is 10.1. The number of thioether (sulfide) groups is 1. The van der Waals surface area contributed by atoms with Gasteiger partial charge in [-0.1, -0.05) is 48.5 Å². The number of hydrogen-bond donors (Lipinski definition) is 7. The maximum Gasteiger partial charge on any atom is 0.326 e. The first-order valence-electron chi connectivity index (χ1n) is 15.4. The third-order valence-corrected chi connectivity index (χ3v) is 8.75. The fourth-order valence-corrected chi connectivity index (χ4v) is 6.20. The highest BCUT2D eigenvalue weighted by atomic mass is 32.2. The molecule has 0 fully saturated rings. The fourth-order valence-electron chi connectivity index (χ4n) is 5.23. The summed E-state index contributed by atoms with van der Waals surface area (Å²) >= 11 is 1.49. The lowest BCUT2D eigenvalue weighted by Crippen LogP contribution is -2.55. The van der Waals surface area contributed by atoms with Crippen LogP contribution >= 0.6 is 11.8 Å². The van der Waals surface area contributed by atoms with E-state index in [-0.39, 0.29) is 24.5 Å². The summed E-state index contributed by atoms with van der Waals surface area (Å²) in [4.78, 5) is 90.2. The van der Waals surface area contributed by atoms with E-state index in [9.17, 15) is 38.7 Å². The van der Waals surface area contributed by atoms with Crippen molar-refractivity contribution in [3.05, 3.63) is 77.2 Å². The van der Waals surface area contributed by atoms with Crippen molar-refractivity contribution in [2.45, 2.75) is 68.4 Å². The Labute approximate surface area is 281 Å². The van der Waals surface area contributed by atoms with Gasteiger partial charge in [-0.25, -0.2) is 4.79 Å². The third-order valence-electron chi connectivity index (χ3n) is 7.63. The van der Waals surface area contributed by atoms with E-state index in [2.05, 4.69) is 31.9 Å². The Morgan fingerprint density at radius 1 is 0.854 bits per heavy atom. The summed E-state index contributed by atoms with van der Waals surface area (Å²) < 4.78 is 0. The maximum atomic E-state index is 13.4. The first kappa shape index (κ1) is 35.7. The largest absolute Gasteiger partial charge is 0.480 e. The molecule has 6 amide bonds. The van der Waals surface area contributed by atoms with Crippen LogP contribution in [0.5, 0.6) is 0 Å². The van der Waals surface area contributed by atoms with E-state index in [0.29, 0.717) is 23.2 Å². The summed E-state index contributed by atoms with van der Waals surface area (Å²) in [6.07, 6.45) is 2.28. The van der Waals surface area contributed by atoms with Gasteiger partial charge in [0.2, 0.25) is 35.4 Å². The number of anilines is 1. The zero-order valence-corrected chi connectivity index (χ0v) is 27.0. The number of carbonyl (C=O) groups excluding carboxylic acids is 6. The first-order chi connectivity index (χ1) is 23.0. The van der Waals surface area contributed by atoms with Gasteiger partial charge in [0, 0.05) is 30.7 Å². The minimum absolute atomic E-state index is 0.0251. The molecular weight excluding hydrogens is 640 g/mol. The molecule has 48 heavy (non-hydrogen) atoms. The molecule has 1 unspecified atom stereocenters. The molecule has 0 saturated heterocycles. The van der Waals surface area contributed by atoms with Gasteiger partial charge >= 0.3 is 5.97 Å². The van der Waals surface area contributed by atoms with Gasteiger partial charge in [0.05, 0.1) is 13.0 Å². The Hall–Kier alpha value is -5.18. The van der Waals surface area contributed by atoms with Crippen LogP contribution in [0.1, 0.15) is 37.3 Å². The molecule has 254 valence electrons. The molecule has 0 aliphatic carbocycles. The molecular formula is C33H38N6O8S. The molecule has 5 atom stereocenters. The number of fused-ring (bicyclic) bond motifs is 18. The lowest BCUT2D eigenvalue weighted by atomic mass is 10.0. The quantitative estimate of drug-likeness (QED) is 0.210. The topological polar surface area (TPSA) is 212 Å². The molecule has 3 aliphatic heterocycles. The Morgan fingerprint density at radius 3 is 2.21 bits per heavy atom. The molecule has 14 nitrogen and oxygen atoms in total. The lowest BCUT2D eigenvalue weighted by Gasteiger charge is -2.23. The minimum atomic E-state index is -1.35. The van der Waals surface area contributed by atoms with Gasteiger partial charge in [0.25, 0.3) is 0 Å². The SMILES string of the molecule is CC(=O)N[C@H]1CC(=O)N[C@H](CC2CC=CS2)C(=O)NCC(=O)N[C@H](Cc2ccccc2)C(=O)N[C@H](C(=O)O)Cc2ccc(cc2)NC1=O. The van der Waals surface area contributed by atoms with Crippen molar-refractivity contribution in [3.63, 3.8) is 0 Å². The van der Waals surface area contributed by atoms with E-state index in [4.69, 9.17) is 0 Å². The summed E-state index contributed by atoms with van der Waals surface area (Å²) in [5.74, 6) is -5.32. The number of hydrogen-bond acceptors (Lipinski definition) is 8. The van der Waals surface area contributed by atoms with E-state index in [1.54, 1.807) is 42.5 Å². The van der Waals surface area contributed by atoms with Crippen molar-refractivity contribution < 1.29 is 38.7 Å². The summed E-state index contributed by atoms with van der Waals surface area (Å²) in [5, 5.41) is 27.2. The molecule has 3 aliphatic rings. The van der Waals surface area contributed by atoms with Gasteiger partial charge in [-0.05, 0) is 41.5 Å². The van der Waals surface area contributed by atoms with Gasteiger partial charge in [0.1, 0.15) is 24.2 Å². The third kappa shape index (κ3) is 11.0. The van der Waals surface area contributed by atoms with Gasteiger partial charge in [-0.15, -0.1) is 11.8 Å². The Morgan fingerprint density at radius 2 is 1.56 bits per heavy atom. The van der Waals surface area contributed by atoms with E-state index < -0.39 is 78.5 Å². The summed E-state index contributed by atoms with van der Waals surface area (Å²) in [5.41, 5.74) is 1.55. The van der Waals surface area contributed by atoms with Gasteiger partial charge < -0.3 is 37.0 Å². The van der Waals surface area contributed by atoms with Crippen LogP contribution in [0.15, 0.2) is 66.1 Å². The van der Waals surface area contributed by atoms with Crippen LogP contribution in [0.4, 0.5) is 5.69 Å². The standard InChI is InChI=1S/C33H38N6O8S/c1-19(40)35-26-17-28(41)37-25(16-23-8-5-13-48-23)30(43)34-18-29(42)38-24(14-20-6-3-2-4-7-20)32(45)39-27(33(46)47)15-21-9-11-22(12-10-21)36-31(26)44/h2-7,9-13,23-27H,8,14-18H2,1H3,(H,34,43)(H,35,40)(H,36,44)(H,37,41)(H,38,42)(H,39,45)(H,46,47)/t23?,24-,25-,26+,27+/m1/s1. The van der Waals surface area contributed by atoms with Crippen LogP contribution < -0.4 is 31.9 Å². The molecule has 2 aromatic carbocycles. The molecule has 2 bridgehead atoms. The second-order valence-electron chi connectivity index (χ2n) is 11.5. The zero-order chi connectivity index (χ0) is 34.6. The smallest absolute Gasteiger partial charge is 0.326 e. The van der Waals surface area contributed by atoms with Crippen molar-refractivity contribution >= 4 is 58.9 Å². The maximum absolute atomic E-state index is 13.4. The summed E-state index contributed by atoms with van der Waals surface area (Å²) in [7, 11) is 0. The number of nitrogens with one attached hydrogen (secondary N) is 6. The average molecular weight is 679 g/mol. The molecule has 0 spiro atoms. The van der Waals surface area contributed by atoms with Crippen molar-refractivity contribution in [1.82, 2.24) is 26.6 Å². The molecule has 0 saturated carbocycles. The molecule has 3 heterocycles. The first-order valence-corrected chi connectivity index (χ1v) is 16.3. The number of carboxylic acids is 1. The normalized spacial score (nSPS) is 24.3. The van der Waals surface area contributed by atoms with E-state index >= 15 is 0 Å². The Balaban J connectivity index is 1.62. The van der Waals surface area contributed by atoms with E-state index in [0.717, 1.165) is 0 Å². The highest BCUT2D eigenvalue weighted by molar-refractivity contribution is 8.03. The number of carboxylic acid groups (broad SMARTS) is 1. The highest BCUT2D eigenvalue weighted by Gasteiger charge is 2.31. The Bertz CT molecular complexity index is 1540. The number of amides is 6. The molecule has 5 rings (SSSR count). The van der Waals surface area contributed by atoms with E-state index in [1.165, 1.54) is 30.8 Å². The van der Waals surface area contributed by atoms with Crippen molar-refractivity contribution in [1.29, 1.82) is 0 Å². The summed E-state index contributed by atoms with van der Waals surface area (Å²) in [6.45, 7) is 0.665. The van der Waals surface area contributed by atoms with Crippen LogP contribution in [0.25, 0.3) is 0 Å². The molecule has 15 heteroatoms. The fraction of sp³-hybridized carbons (Fsp3) is 0.364.